The van der Waals surface area contributed by atoms with Gasteiger partial charge in [-0.25, -0.2) is 0 Å². The molecule has 0 saturated carbocycles. The molecule has 1 aliphatic rings. The second kappa shape index (κ2) is 6.04. The molecular weight excluding hydrogens is 244 g/mol. The summed E-state index contributed by atoms with van der Waals surface area (Å²) in [5.74, 6) is -0.635. The lowest BCUT2D eigenvalue weighted by atomic mass is 10.1. The molecular formula is C14H16N2O3. The second-order valence-corrected chi connectivity index (χ2v) is 4.49. The van der Waals surface area contributed by atoms with Gasteiger partial charge in [0.05, 0.1) is 5.56 Å². The molecule has 0 bridgehead atoms. The Bertz CT molecular complexity index is 511. The Balaban J connectivity index is 1.81. The van der Waals surface area contributed by atoms with Crippen LogP contribution in [0, 0.1) is 5.92 Å². The monoisotopic (exact) mass is 260 g/mol. The molecule has 1 aromatic rings. The molecule has 5 nitrogen and oxygen atoms in total. The quantitative estimate of drug-likeness (QED) is 0.569. The molecule has 0 unspecified atom stereocenters. The number of carbonyl (C=O) groups excluding carboxylic acids is 2. The SMILES string of the molecule is O=C(C[C@H]1C=CCC1)NNC(=O)c1ccccc1O. The molecule has 2 rings (SSSR count). The highest BCUT2D eigenvalue weighted by molar-refractivity contribution is 5.97. The van der Waals surface area contributed by atoms with E-state index in [4.69, 9.17) is 0 Å². The van der Waals surface area contributed by atoms with Crippen LogP contribution in [0.5, 0.6) is 5.75 Å². The molecule has 0 heterocycles. The minimum atomic E-state index is -0.534. The highest BCUT2D eigenvalue weighted by atomic mass is 16.3. The van der Waals surface area contributed by atoms with Crippen LogP contribution >= 0.6 is 0 Å². The highest BCUT2D eigenvalue weighted by Gasteiger charge is 2.15. The summed E-state index contributed by atoms with van der Waals surface area (Å²) < 4.78 is 0. The molecule has 1 aliphatic carbocycles. The number of phenolic OH excluding ortho intramolecular Hbond substituents is 1. The van der Waals surface area contributed by atoms with E-state index in [0.29, 0.717) is 6.42 Å². The van der Waals surface area contributed by atoms with E-state index in [1.54, 1.807) is 12.1 Å². The van der Waals surface area contributed by atoms with E-state index in [0.717, 1.165) is 12.8 Å². The number of benzene rings is 1. The second-order valence-electron chi connectivity index (χ2n) is 4.49. The maximum absolute atomic E-state index is 11.7. The summed E-state index contributed by atoms with van der Waals surface area (Å²) in [5, 5.41) is 9.49. The lowest BCUT2D eigenvalue weighted by Gasteiger charge is -2.10. The van der Waals surface area contributed by atoms with E-state index in [2.05, 4.69) is 16.9 Å². The lowest BCUT2D eigenvalue weighted by molar-refractivity contribution is -0.122. The highest BCUT2D eigenvalue weighted by Crippen LogP contribution is 2.20. The van der Waals surface area contributed by atoms with E-state index in [1.807, 2.05) is 6.08 Å². The van der Waals surface area contributed by atoms with Crippen LogP contribution in [0.1, 0.15) is 29.6 Å². The van der Waals surface area contributed by atoms with Gasteiger partial charge in [0, 0.05) is 6.42 Å². The predicted molar refractivity (Wildman–Crippen MR) is 70.2 cm³/mol. The van der Waals surface area contributed by atoms with Crippen molar-refractivity contribution in [3.8, 4) is 5.75 Å². The largest absolute Gasteiger partial charge is 0.507 e. The fourth-order valence-electron chi connectivity index (χ4n) is 2.01. The Kier molecular flexibility index (Phi) is 4.18. The van der Waals surface area contributed by atoms with Crippen LogP contribution < -0.4 is 10.9 Å². The number of carbonyl (C=O) groups is 2. The molecule has 1 aromatic carbocycles. The Labute approximate surface area is 111 Å². The van der Waals surface area contributed by atoms with Gasteiger partial charge in [0.25, 0.3) is 5.91 Å². The summed E-state index contributed by atoms with van der Waals surface area (Å²) in [6.45, 7) is 0. The van der Waals surface area contributed by atoms with Gasteiger partial charge in [0.15, 0.2) is 0 Å². The topological polar surface area (TPSA) is 78.4 Å². The van der Waals surface area contributed by atoms with E-state index in [-0.39, 0.29) is 23.1 Å². The van der Waals surface area contributed by atoms with E-state index >= 15 is 0 Å². The molecule has 19 heavy (non-hydrogen) atoms. The summed E-state index contributed by atoms with van der Waals surface area (Å²) in [4.78, 5) is 23.3. The Morgan fingerprint density at radius 2 is 2.05 bits per heavy atom. The van der Waals surface area contributed by atoms with Gasteiger partial charge in [-0.15, -0.1) is 0 Å². The maximum Gasteiger partial charge on any atom is 0.273 e. The van der Waals surface area contributed by atoms with Crippen molar-refractivity contribution < 1.29 is 14.7 Å². The molecule has 0 spiro atoms. The normalized spacial score (nSPS) is 17.2. The van der Waals surface area contributed by atoms with Crippen LogP contribution in [0.4, 0.5) is 0 Å². The number of nitrogens with one attached hydrogen (secondary N) is 2. The van der Waals surface area contributed by atoms with Gasteiger partial charge in [-0.3, -0.25) is 20.4 Å². The van der Waals surface area contributed by atoms with Gasteiger partial charge in [0.2, 0.25) is 5.91 Å². The van der Waals surface area contributed by atoms with Gasteiger partial charge in [0.1, 0.15) is 5.75 Å². The lowest BCUT2D eigenvalue weighted by Crippen LogP contribution is -2.42. The molecule has 5 heteroatoms. The summed E-state index contributed by atoms with van der Waals surface area (Å²) in [6, 6.07) is 6.16. The van der Waals surface area contributed by atoms with Crippen molar-refractivity contribution in [2.24, 2.45) is 5.92 Å². The number of aromatic hydroxyl groups is 1. The minimum Gasteiger partial charge on any atom is -0.507 e. The number of hydrogen-bond donors (Lipinski definition) is 3. The Morgan fingerprint density at radius 3 is 2.74 bits per heavy atom. The zero-order chi connectivity index (χ0) is 13.7. The standard InChI is InChI=1S/C14H16N2O3/c17-12-8-4-3-7-11(12)14(19)16-15-13(18)9-10-5-1-2-6-10/h1,3-5,7-8,10,17H,2,6,9H2,(H,15,18)(H,16,19)/t10-/m0/s1. The molecule has 2 amide bonds. The number of para-hydroxylation sites is 1. The fourth-order valence-corrected chi connectivity index (χ4v) is 2.01. The fraction of sp³-hybridized carbons (Fsp3) is 0.286. The third-order valence-electron chi connectivity index (χ3n) is 3.02. The minimum absolute atomic E-state index is 0.118. The first kappa shape index (κ1) is 13.1. The van der Waals surface area contributed by atoms with E-state index in [1.165, 1.54) is 12.1 Å². The molecule has 3 N–H and O–H groups in total. The number of phenols is 1. The zero-order valence-corrected chi connectivity index (χ0v) is 10.4. The number of hydrogen-bond acceptors (Lipinski definition) is 3. The van der Waals surface area contributed by atoms with Crippen molar-refractivity contribution in [1.29, 1.82) is 0 Å². The van der Waals surface area contributed by atoms with Crippen molar-refractivity contribution in [2.75, 3.05) is 0 Å². The van der Waals surface area contributed by atoms with Crippen molar-refractivity contribution in [1.82, 2.24) is 10.9 Å². The predicted octanol–water partition coefficient (Wildman–Crippen LogP) is 1.51. The third kappa shape index (κ3) is 3.58. The summed E-state index contributed by atoms with van der Waals surface area (Å²) >= 11 is 0. The third-order valence-corrected chi connectivity index (χ3v) is 3.02. The average molecular weight is 260 g/mol. The number of rotatable bonds is 3. The van der Waals surface area contributed by atoms with Crippen LogP contribution in [0.25, 0.3) is 0 Å². The van der Waals surface area contributed by atoms with E-state index in [9.17, 15) is 14.7 Å². The number of allylic oxidation sites excluding steroid dienone is 2. The summed E-state index contributed by atoms with van der Waals surface area (Å²) in [7, 11) is 0. The van der Waals surface area contributed by atoms with Crippen LogP contribution in [0.2, 0.25) is 0 Å². The van der Waals surface area contributed by atoms with Gasteiger partial charge in [-0.1, -0.05) is 24.3 Å². The molecule has 0 radical (unpaired) electrons. The van der Waals surface area contributed by atoms with Crippen LogP contribution in [-0.4, -0.2) is 16.9 Å². The molecule has 0 fully saturated rings. The van der Waals surface area contributed by atoms with Crippen molar-refractivity contribution in [3.05, 3.63) is 42.0 Å². The number of hydrazine groups is 1. The summed E-state index contributed by atoms with van der Waals surface area (Å²) in [6.07, 6.45) is 6.41. The van der Waals surface area contributed by atoms with Crippen LogP contribution in [0.15, 0.2) is 36.4 Å². The van der Waals surface area contributed by atoms with Crippen molar-refractivity contribution in [3.63, 3.8) is 0 Å². The van der Waals surface area contributed by atoms with Crippen molar-refractivity contribution in [2.45, 2.75) is 19.3 Å². The molecule has 0 aliphatic heterocycles. The Morgan fingerprint density at radius 1 is 1.26 bits per heavy atom. The molecule has 0 aromatic heterocycles. The van der Waals surface area contributed by atoms with Crippen LogP contribution in [0.3, 0.4) is 0 Å². The van der Waals surface area contributed by atoms with Crippen molar-refractivity contribution >= 4 is 11.8 Å². The molecule has 100 valence electrons. The molecule has 0 saturated heterocycles. The van der Waals surface area contributed by atoms with Gasteiger partial charge in [-0.2, -0.15) is 0 Å². The van der Waals surface area contributed by atoms with Crippen LogP contribution in [-0.2, 0) is 4.79 Å². The first-order chi connectivity index (χ1) is 9.16. The molecule has 1 atom stereocenters. The smallest absolute Gasteiger partial charge is 0.273 e. The Hall–Kier alpha value is -2.30. The maximum atomic E-state index is 11.7. The number of amides is 2. The first-order valence-corrected chi connectivity index (χ1v) is 6.20. The van der Waals surface area contributed by atoms with Gasteiger partial charge < -0.3 is 5.11 Å². The van der Waals surface area contributed by atoms with Gasteiger partial charge in [-0.05, 0) is 30.9 Å². The average Bonchev–Trinajstić information content (AvgIpc) is 2.89. The van der Waals surface area contributed by atoms with E-state index < -0.39 is 5.91 Å². The van der Waals surface area contributed by atoms with Gasteiger partial charge >= 0.3 is 0 Å². The zero-order valence-electron chi connectivity index (χ0n) is 10.4. The summed E-state index contributed by atoms with van der Waals surface area (Å²) in [5.41, 5.74) is 4.77. The first-order valence-electron chi connectivity index (χ1n) is 6.20.